The van der Waals surface area contributed by atoms with Gasteiger partial charge in [-0.3, -0.25) is 20.4 Å². The van der Waals surface area contributed by atoms with E-state index in [1.165, 1.54) is 0 Å². The molecule has 16 heavy (non-hydrogen) atoms. The van der Waals surface area contributed by atoms with E-state index in [1.54, 1.807) is 0 Å². The highest BCUT2D eigenvalue weighted by Gasteiger charge is 2.26. The quantitative estimate of drug-likeness (QED) is 0.624. The third-order valence-corrected chi connectivity index (χ3v) is 2.75. The second kappa shape index (κ2) is 5.27. The van der Waals surface area contributed by atoms with Gasteiger partial charge in [0.1, 0.15) is 12.2 Å². The van der Waals surface area contributed by atoms with Crippen molar-refractivity contribution in [1.82, 2.24) is 10.9 Å². The molecule has 0 aliphatic carbocycles. The van der Waals surface area contributed by atoms with Crippen molar-refractivity contribution < 1.29 is 19.1 Å². The van der Waals surface area contributed by atoms with E-state index in [2.05, 4.69) is 10.9 Å². The van der Waals surface area contributed by atoms with Crippen LogP contribution in [0.3, 0.4) is 0 Å². The summed E-state index contributed by atoms with van der Waals surface area (Å²) in [7, 11) is 0. The maximum Gasteiger partial charge on any atom is 0.267 e. The molecule has 0 unspecified atom stereocenters. The molecule has 0 aromatic heterocycles. The molecule has 2 fully saturated rings. The van der Waals surface area contributed by atoms with E-state index in [0.717, 1.165) is 12.8 Å². The van der Waals surface area contributed by atoms with E-state index >= 15 is 0 Å². The number of hydrogen-bond acceptors (Lipinski definition) is 4. The molecule has 2 amide bonds. The van der Waals surface area contributed by atoms with Crippen molar-refractivity contribution in [3.05, 3.63) is 0 Å². The molecule has 2 rings (SSSR count). The fourth-order valence-electron chi connectivity index (χ4n) is 1.85. The highest BCUT2D eigenvalue weighted by molar-refractivity contribution is 5.86. The lowest BCUT2D eigenvalue weighted by atomic mass is 10.2. The Labute approximate surface area is 93.6 Å². The minimum absolute atomic E-state index is 0.288. The molecule has 0 bridgehead atoms. The van der Waals surface area contributed by atoms with Gasteiger partial charge in [0, 0.05) is 13.2 Å². The largest absolute Gasteiger partial charge is 0.368 e. The maximum atomic E-state index is 11.5. The Hall–Kier alpha value is -1.14. The van der Waals surface area contributed by atoms with Crippen molar-refractivity contribution in [2.75, 3.05) is 13.2 Å². The van der Waals surface area contributed by atoms with Crippen molar-refractivity contribution in [3.8, 4) is 0 Å². The van der Waals surface area contributed by atoms with Gasteiger partial charge in [-0.1, -0.05) is 0 Å². The first-order valence-electron chi connectivity index (χ1n) is 5.60. The zero-order valence-electron chi connectivity index (χ0n) is 9.03. The van der Waals surface area contributed by atoms with Gasteiger partial charge in [-0.25, -0.2) is 0 Å². The molecule has 0 saturated carbocycles. The third-order valence-electron chi connectivity index (χ3n) is 2.75. The van der Waals surface area contributed by atoms with E-state index in [-0.39, 0.29) is 11.8 Å². The molecular weight excluding hydrogens is 212 g/mol. The normalized spacial score (nSPS) is 29.0. The van der Waals surface area contributed by atoms with Gasteiger partial charge >= 0.3 is 0 Å². The first-order valence-corrected chi connectivity index (χ1v) is 5.60. The third kappa shape index (κ3) is 2.70. The second-order valence-electron chi connectivity index (χ2n) is 3.98. The Kier molecular flexibility index (Phi) is 3.74. The van der Waals surface area contributed by atoms with Crippen LogP contribution in [-0.4, -0.2) is 37.2 Å². The average Bonchev–Trinajstić information content (AvgIpc) is 2.95. The summed E-state index contributed by atoms with van der Waals surface area (Å²) < 4.78 is 10.4. The summed E-state index contributed by atoms with van der Waals surface area (Å²) in [6, 6.07) is 0. The monoisotopic (exact) mass is 228 g/mol. The first kappa shape index (κ1) is 11.3. The SMILES string of the molecule is O=C(NNC(=O)[C@@H]1CCCO1)[C@@H]1CCCO1. The molecule has 2 heterocycles. The van der Waals surface area contributed by atoms with Crippen LogP contribution < -0.4 is 10.9 Å². The van der Waals surface area contributed by atoms with Gasteiger partial charge in [0.2, 0.25) is 0 Å². The van der Waals surface area contributed by atoms with Gasteiger partial charge in [-0.05, 0) is 25.7 Å². The van der Waals surface area contributed by atoms with Crippen LogP contribution in [0.1, 0.15) is 25.7 Å². The number of ether oxygens (including phenoxy) is 2. The molecule has 6 nitrogen and oxygen atoms in total. The highest BCUT2D eigenvalue weighted by atomic mass is 16.5. The van der Waals surface area contributed by atoms with Gasteiger partial charge in [0.15, 0.2) is 0 Å². The molecule has 2 aliphatic rings. The zero-order chi connectivity index (χ0) is 11.4. The van der Waals surface area contributed by atoms with Crippen LogP contribution >= 0.6 is 0 Å². The number of nitrogens with one attached hydrogen (secondary N) is 2. The van der Waals surface area contributed by atoms with Crippen molar-refractivity contribution in [2.45, 2.75) is 37.9 Å². The molecule has 2 saturated heterocycles. The Morgan fingerprint density at radius 1 is 0.875 bits per heavy atom. The second-order valence-corrected chi connectivity index (χ2v) is 3.98. The molecule has 2 aliphatic heterocycles. The van der Waals surface area contributed by atoms with E-state index in [9.17, 15) is 9.59 Å². The summed E-state index contributed by atoms with van der Waals surface area (Å²) in [4.78, 5) is 22.9. The molecule has 0 aromatic carbocycles. The lowest BCUT2D eigenvalue weighted by Crippen LogP contribution is -2.49. The number of carbonyl (C=O) groups excluding carboxylic acids is 2. The van der Waals surface area contributed by atoms with E-state index in [0.29, 0.717) is 26.1 Å². The van der Waals surface area contributed by atoms with Gasteiger partial charge < -0.3 is 9.47 Å². The molecule has 6 heteroatoms. The smallest absolute Gasteiger partial charge is 0.267 e. The fraction of sp³-hybridized carbons (Fsp3) is 0.800. The minimum Gasteiger partial charge on any atom is -0.368 e. The van der Waals surface area contributed by atoms with E-state index in [1.807, 2.05) is 0 Å². The van der Waals surface area contributed by atoms with Gasteiger partial charge in [0.25, 0.3) is 11.8 Å². The minimum atomic E-state index is -0.426. The van der Waals surface area contributed by atoms with Crippen molar-refractivity contribution in [2.24, 2.45) is 0 Å². The lowest BCUT2D eigenvalue weighted by Gasteiger charge is -2.13. The van der Waals surface area contributed by atoms with E-state index in [4.69, 9.17) is 9.47 Å². The highest BCUT2D eigenvalue weighted by Crippen LogP contribution is 2.12. The summed E-state index contributed by atoms with van der Waals surface area (Å²) in [6.45, 7) is 1.22. The Bertz CT molecular complexity index is 242. The lowest BCUT2D eigenvalue weighted by molar-refractivity contribution is -0.138. The molecule has 2 N–H and O–H groups in total. The number of hydrazine groups is 1. The molecule has 0 radical (unpaired) electrons. The van der Waals surface area contributed by atoms with Crippen LogP contribution in [0.5, 0.6) is 0 Å². The van der Waals surface area contributed by atoms with Crippen molar-refractivity contribution in [3.63, 3.8) is 0 Å². The summed E-state index contributed by atoms with van der Waals surface area (Å²) in [6.07, 6.45) is 2.34. The Morgan fingerprint density at radius 3 is 1.62 bits per heavy atom. The van der Waals surface area contributed by atoms with Crippen LogP contribution in [0.2, 0.25) is 0 Å². The fourth-order valence-corrected chi connectivity index (χ4v) is 1.85. The zero-order valence-corrected chi connectivity index (χ0v) is 9.03. The number of hydrogen-bond donors (Lipinski definition) is 2. The summed E-state index contributed by atoms with van der Waals surface area (Å²) in [5, 5.41) is 0. The number of rotatable bonds is 2. The van der Waals surface area contributed by atoms with Gasteiger partial charge in [-0.2, -0.15) is 0 Å². The van der Waals surface area contributed by atoms with Crippen LogP contribution in [0.4, 0.5) is 0 Å². The molecule has 90 valence electrons. The number of carbonyl (C=O) groups is 2. The van der Waals surface area contributed by atoms with Crippen molar-refractivity contribution in [1.29, 1.82) is 0 Å². The summed E-state index contributed by atoms with van der Waals surface area (Å²) in [5.41, 5.74) is 4.72. The van der Waals surface area contributed by atoms with Crippen LogP contribution in [-0.2, 0) is 19.1 Å². The average molecular weight is 228 g/mol. The van der Waals surface area contributed by atoms with Crippen LogP contribution in [0.15, 0.2) is 0 Å². The topological polar surface area (TPSA) is 76.7 Å². The Morgan fingerprint density at radius 2 is 1.31 bits per heavy atom. The summed E-state index contributed by atoms with van der Waals surface area (Å²) in [5.74, 6) is -0.576. The van der Waals surface area contributed by atoms with Crippen LogP contribution in [0.25, 0.3) is 0 Å². The maximum absolute atomic E-state index is 11.5. The Balaban J connectivity index is 1.69. The van der Waals surface area contributed by atoms with Crippen LogP contribution in [0, 0.1) is 0 Å². The van der Waals surface area contributed by atoms with E-state index < -0.39 is 12.2 Å². The van der Waals surface area contributed by atoms with Gasteiger partial charge in [-0.15, -0.1) is 0 Å². The molecule has 0 spiro atoms. The number of amides is 2. The molecule has 0 aromatic rings. The first-order chi connectivity index (χ1) is 7.77. The standard InChI is InChI=1S/C10H16N2O4/c13-9(7-3-1-5-15-7)11-12-10(14)8-4-2-6-16-8/h7-8H,1-6H2,(H,11,13)(H,12,14)/t7-,8-/m0/s1. The predicted octanol–water partition coefficient (Wildman–Crippen LogP) is -0.508. The van der Waals surface area contributed by atoms with Gasteiger partial charge in [0.05, 0.1) is 0 Å². The molecular formula is C10H16N2O4. The van der Waals surface area contributed by atoms with Crippen molar-refractivity contribution >= 4 is 11.8 Å². The molecule has 2 atom stereocenters. The predicted molar refractivity (Wildman–Crippen MR) is 54.2 cm³/mol. The summed E-state index contributed by atoms with van der Waals surface area (Å²) >= 11 is 0.